The van der Waals surface area contributed by atoms with Crippen molar-refractivity contribution in [3.63, 3.8) is 0 Å². The summed E-state index contributed by atoms with van der Waals surface area (Å²) in [6, 6.07) is 3.06. The number of carbonyl (C=O) groups excluding carboxylic acids is 1. The molecule has 9 heteroatoms. The highest BCUT2D eigenvalue weighted by atomic mass is 19.3. The number of carbonyl (C=O) groups is 1. The Morgan fingerprint density at radius 3 is 2.61 bits per heavy atom. The molecule has 0 unspecified atom stereocenters. The zero-order valence-electron chi connectivity index (χ0n) is 12.3. The largest absolute Gasteiger partial charge is 0.339 e. The van der Waals surface area contributed by atoms with Crippen molar-refractivity contribution in [2.75, 3.05) is 31.1 Å². The average molecular weight is 322 g/mol. The molecule has 1 aliphatic rings. The van der Waals surface area contributed by atoms with E-state index in [1.807, 2.05) is 4.90 Å². The smallest absolute Gasteiger partial charge is 0.333 e. The lowest BCUT2D eigenvalue weighted by atomic mass is 10.3. The maximum atomic E-state index is 12.5. The van der Waals surface area contributed by atoms with Gasteiger partial charge in [0.25, 0.3) is 5.91 Å². The Morgan fingerprint density at radius 1 is 1.13 bits per heavy atom. The molecule has 0 aliphatic carbocycles. The van der Waals surface area contributed by atoms with E-state index in [9.17, 15) is 13.6 Å². The quantitative estimate of drug-likeness (QED) is 0.855. The van der Waals surface area contributed by atoms with Gasteiger partial charge in [-0.05, 0) is 18.6 Å². The lowest BCUT2D eigenvalue weighted by Crippen LogP contribution is -2.35. The van der Waals surface area contributed by atoms with Crippen LogP contribution < -0.4 is 4.90 Å². The van der Waals surface area contributed by atoms with E-state index < -0.39 is 6.55 Å². The molecular formula is C14H16F2N6O. The normalized spacial score (nSPS) is 15.8. The topological polar surface area (TPSA) is 67.2 Å². The molecule has 23 heavy (non-hydrogen) atoms. The Morgan fingerprint density at radius 2 is 1.91 bits per heavy atom. The molecule has 0 aromatic carbocycles. The van der Waals surface area contributed by atoms with Crippen LogP contribution in [-0.2, 0) is 0 Å². The molecule has 2 aromatic heterocycles. The molecule has 122 valence electrons. The molecular weight excluding hydrogens is 306 g/mol. The summed E-state index contributed by atoms with van der Waals surface area (Å²) in [4.78, 5) is 24.4. The molecule has 3 rings (SSSR count). The first kappa shape index (κ1) is 15.3. The van der Waals surface area contributed by atoms with Crippen molar-refractivity contribution < 1.29 is 13.6 Å². The summed E-state index contributed by atoms with van der Waals surface area (Å²) in [7, 11) is 0. The maximum absolute atomic E-state index is 12.5. The lowest BCUT2D eigenvalue weighted by molar-refractivity contribution is 0.0552. The molecule has 0 saturated carbocycles. The molecule has 0 atom stereocenters. The number of anilines is 1. The van der Waals surface area contributed by atoms with Gasteiger partial charge in [0.15, 0.2) is 5.69 Å². The zero-order chi connectivity index (χ0) is 16.2. The van der Waals surface area contributed by atoms with E-state index in [0.29, 0.717) is 30.3 Å². The molecule has 2 aromatic rings. The fourth-order valence-electron chi connectivity index (χ4n) is 2.50. The van der Waals surface area contributed by atoms with Crippen molar-refractivity contribution in [3.8, 4) is 0 Å². The van der Waals surface area contributed by atoms with Crippen molar-refractivity contribution in [3.05, 3.63) is 36.4 Å². The number of halogens is 2. The van der Waals surface area contributed by atoms with Crippen LogP contribution in [-0.4, -0.2) is 56.7 Å². The van der Waals surface area contributed by atoms with Crippen molar-refractivity contribution in [2.24, 2.45) is 0 Å². The minimum absolute atomic E-state index is 0.0368. The predicted octanol–water partition coefficient (Wildman–Crippen LogP) is 1.42. The number of nitrogens with zero attached hydrogens (tertiary/aromatic N) is 6. The van der Waals surface area contributed by atoms with Gasteiger partial charge in [0, 0.05) is 44.8 Å². The summed E-state index contributed by atoms with van der Waals surface area (Å²) in [5.74, 6) is 0.295. The average Bonchev–Trinajstić information content (AvgIpc) is 2.94. The second-order valence-corrected chi connectivity index (χ2v) is 5.14. The van der Waals surface area contributed by atoms with Gasteiger partial charge in [-0.2, -0.15) is 13.9 Å². The fraction of sp³-hybridized carbons (Fsp3) is 0.429. The number of rotatable bonds is 3. The van der Waals surface area contributed by atoms with Crippen molar-refractivity contribution in [1.29, 1.82) is 0 Å². The number of hydrogen-bond donors (Lipinski definition) is 0. The minimum atomic E-state index is -2.74. The summed E-state index contributed by atoms with van der Waals surface area (Å²) in [6.07, 6.45) is 5.21. The van der Waals surface area contributed by atoms with Crippen LogP contribution >= 0.6 is 0 Å². The third-order valence-corrected chi connectivity index (χ3v) is 3.65. The van der Waals surface area contributed by atoms with E-state index in [1.54, 1.807) is 23.4 Å². The van der Waals surface area contributed by atoms with Gasteiger partial charge in [-0.1, -0.05) is 0 Å². The lowest BCUT2D eigenvalue weighted by Gasteiger charge is -2.21. The van der Waals surface area contributed by atoms with Crippen LogP contribution in [0.4, 0.5) is 14.7 Å². The summed E-state index contributed by atoms with van der Waals surface area (Å²) >= 11 is 0. The van der Waals surface area contributed by atoms with Gasteiger partial charge in [0.1, 0.15) is 0 Å². The minimum Gasteiger partial charge on any atom is -0.339 e. The van der Waals surface area contributed by atoms with Crippen LogP contribution in [0, 0.1) is 0 Å². The van der Waals surface area contributed by atoms with Gasteiger partial charge < -0.3 is 9.80 Å². The van der Waals surface area contributed by atoms with Gasteiger partial charge in [0.2, 0.25) is 5.95 Å². The zero-order valence-corrected chi connectivity index (χ0v) is 12.3. The monoisotopic (exact) mass is 322 g/mol. The van der Waals surface area contributed by atoms with Crippen LogP contribution in [0.15, 0.2) is 30.7 Å². The highest BCUT2D eigenvalue weighted by molar-refractivity contribution is 5.92. The maximum Gasteiger partial charge on any atom is 0.333 e. The molecule has 1 saturated heterocycles. The van der Waals surface area contributed by atoms with Gasteiger partial charge in [-0.3, -0.25) is 4.79 Å². The predicted molar refractivity (Wildman–Crippen MR) is 78.2 cm³/mol. The first-order valence-corrected chi connectivity index (χ1v) is 7.29. The van der Waals surface area contributed by atoms with Gasteiger partial charge >= 0.3 is 6.55 Å². The number of hydrogen-bond acceptors (Lipinski definition) is 5. The van der Waals surface area contributed by atoms with Crippen LogP contribution in [0.25, 0.3) is 0 Å². The van der Waals surface area contributed by atoms with Crippen LogP contribution in [0.3, 0.4) is 0 Å². The third kappa shape index (κ3) is 3.43. The Labute approximate surface area is 131 Å². The van der Waals surface area contributed by atoms with E-state index in [0.717, 1.165) is 19.2 Å². The van der Waals surface area contributed by atoms with E-state index in [2.05, 4.69) is 15.1 Å². The highest BCUT2D eigenvalue weighted by Gasteiger charge is 2.23. The summed E-state index contributed by atoms with van der Waals surface area (Å²) in [5.41, 5.74) is 0.0368. The van der Waals surface area contributed by atoms with Crippen LogP contribution in [0.2, 0.25) is 0 Å². The molecule has 1 amide bonds. The Kier molecular flexibility index (Phi) is 4.45. The summed E-state index contributed by atoms with van der Waals surface area (Å²) in [6.45, 7) is -0.404. The van der Waals surface area contributed by atoms with Crippen molar-refractivity contribution >= 4 is 11.9 Å². The van der Waals surface area contributed by atoms with Gasteiger partial charge in [0.05, 0.1) is 0 Å². The molecule has 0 spiro atoms. The van der Waals surface area contributed by atoms with E-state index >= 15 is 0 Å². The standard InChI is InChI=1S/C14H16F2N6O/c15-13(16)22-8-3-11(19-22)12(23)20-6-2-7-21(10-9-20)14-17-4-1-5-18-14/h1,3-5,8,13H,2,6-7,9-10H2. The van der Waals surface area contributed by atoms with Gasteiger partial charge in [-0.25, -0.2) is 14.6 Å². The SMILES string of the molecule is O=C(c1ccn(C(F)F)n1)N1CCCN(c2ncccn2)CC1. The molecule has 1 fully saturated rings. The summed E-state index contributed by atoms with van der Waals surface area (Å²) < 4.78 is 25.6. The summed E-state index contributed by atoms with van der Waals surface area (Å²) in [5, 5.41) is 3.63. The van der Waals surface area contributed by atoms with E-state index in [4.69, 9.17) is 0 Å². The van der Waals surface area contributed by atoms with Crippen molar-refractivity contribution in [1.82, 2.24) is 24.6 Å². The van der Waals surface area contributed by atoms with E-state index in [-0.39, 0.29) is 11.6 Å². The first-order valence-electron chi connectivity index (χ1n) is 7.29. The number of aromatic nitrogens is 4. The van der Waals surface area contributed by atoms with Gasteiger partial charge in [-0.15, -0.1) is 0 Å². The number of amides is 1. The highest BCUT2D eigenvalue weighted by Crippen LogP contribution is 2.14. The van der Waals surface area contributed by atoms with Crippen LogP contribution in [0.1, 0.15) is 23.5 Å². The molecule has 7 nitrogen and oxygen atoms in total. The Hall–Kier alpha value is -2.58. The number of alkyl halides is 2. The Bertz CT molecular complexity index is 662. The molecule has 0 radical (unpaired) electrons. The molecule has 0 bridgehead atoms. The fourth-order valence-corrected chi connectivity index (χ4v) is 2.50. The van der Waals surface area contributed by atoms with E-state index in [1.165, 1.54) is 6.07 Å². The molecule has 1 aliphatic heterocycles. The van der Waals surface area contributed by atoms with Crippen molar-refractivity contribution in [2.45, 2.75) is 13.0 Å². The second-order valence-electron chi connectivity index (χ2n) is 5.14. The second kappa shape index (κ2) is 6.67. The Balaban J connectivity index is 1.66. The van der Waals surface area contributed by atoms with Crippen LogP contribution in [0.5, 0.6) is 0 Å². The molecule has 3 heterocycles. The first-order chi connectivity index (χ1) is 11.1. The molecule has 0 N–H and O–H groups in total. The third-order valence-electron chi connectivity index (χ3n) is 3.65.